The Morgan fingerprint density at radius 3 is 2.07 bits per heavy atom. The van der Waals surface area contributed by atoms with Crippen LogP contribution in [0.5, 0.6) is 5.75 Å². The van der Waals surface area contributed by atoms with E-state index in [9.17, 15) is 53.4 Å². The fraction of sp³-hybridized carbons (Fsp3) is 0.606. The number of aliphatic hydroxyl groups is 1. The lowest BCUT2D eigenvalue weighted by Crippen LogP contribution is -2.61. The SMILES string of the molecule is C[C@H](O)[C@@H]1NC(=O)[C@H](CCCCN)NC(=O)[C@H](Cc2ccc(O)cc2)NC(=O)[C@H](Cc2ccccc2)CC(=O)[C@@H](N)Cc2cn(nn2)CCCC[C@@H](C(=O)NCCCOCCOCCOCCCNC(=O)CCCCC2SC[C@H]3NC(=O)N[C@@H]23)NC(=O)[C@H](Cc2cnc[nH]2)NC1=O. The number of hydrogen-bond acceptors (Lipinski definition) is 20. The summed E-state index contributed by atoms with van der Waals surface area (Å²) in [6.45, 7) is 4.62. The second-order valence-electron chi connectivity index (χ2n) is 24.8. The van der Waals surface area contributed by atoms with E-state index in [1.54, 1.807) is 35.1 Å². The molecule has 2 saturated heterocycles. The fourth-order valence-electron chi connectivity index (χ4n) is 11.6. The highest BCUT2D eigenvalue weighted by Crippen LogP contribution is 2.33. The number of phenols is 1. The lowest BCUT2D eigenvalue weighted by Gasteiger charge is -2.28. The van der Waals surface area contributed by atoms with Gasteiger partial charge in [0.2, 0.25) is 41.4 Å². The van der Waals surface area contributed by atoms with E-state index in [0.717, 1.165) is 30.6 Å². The van der Waals surface area contributed by atoms with Crippen molar-refractivity contribution in [2.75, 3.05) is 65.0 Å². The van der Waals surface area contributed by atoms with Crippen molar-refractivity contribution in [3.05, 3.63) is 95.8 Å². The molecule has 16 N–H and O–H groups in total. The van der Waals surface area contributed by atoms with E-state index in [-0.39, 0.29) is 94.4 Å². The highest BCUT2D eigenvalue weighted by atomic mass is 32.2. The first-order chi connectivity index (χ1) is 46.9. The second-order valence-corrected chi connectivity index (χ2v) is 26.1. The number of aromatic amines is 1. The maximum atomic E-state index is 14.7. The molecule has 5 heterocycles. The van der Waals surface area contributed by atoms with E-state index in [4.69, 9.17) is 25.7 Å². The number of rotatable bonds is 31. The number of ketones is 1. The van der Waals surface area contributed by atoms with Crippen LogP contribution in [0.15, 0.2) is 73.3 Å². The molecule has 0 spiro atoms. The molecule has 2 aromatic carbocycles. The maximum absolute atomic E-state index is 14.7. The highest BCUT2D eigenvalue weighted by molar-refractivity contribution is 8.00. The first-order valence-corrected chi connectivity index (χ1v) is 34.8. The fourth-order valence-corrected chi connectivity index (χ4v) is 13.1. The number of nitrogens with one attached hydrogen (secondary N) is 10. The van der Waals surface area contributed by atoms with Gasteiger partial charge in [0.15, 0.2) is 5.78 Å². The number of carbonyl (C=O) groups is 9. The number of ether oxygens (including phenoxy) is 3. The minimum Gasteiger partial charge on any atom is -0.508 e. The molecule has 7 rings (SSSR count). The number of unbranched alkanes of at least 4 members (excludes halogenated alkanes) is 2. The summed E-state index contributed by atoms with van der Waals surface area (Å²) in [5.41, 5.74) is 14.5. The number of fused-ring (bicyclic) bond motifs is 3. The van der Waals surface area contributed by atoms with E-state index in [2.05, 4.69) is 68.1 Å². The van der Waals surface area contributed by atoms with Gasteiger partial charge in [0.05, 0.1) is 62.7 Å². The number of aliphatic hydroxyl groups excluding tert-OH is 1. The Labute approximate surface area is 569 Å². The summed E-state index contributed by atoms with van der Waals surface area (Å²) < 4.78 is 18.6. The number of nitrogens with two attached hydrogens (primary N) is 2. The number of H-pyrrole nitrogens is 1. The number of aryl methyl sites for hydroxylation is 1. The number of amides is 9. The Morgan fingerprint density at radius 1 is 0.701 bits per heavy atom. The van der Waals surface area contributed by atoms with Crippen LogP contribution in [0, 0.1) is 5.92 Å². The van der Waals surface area contributed by atoms with Crippen molar-refractivity contribution in [1.29, 1.82) is 0 Å². The number of aromatic hydroxyl groups is 1. The standard InChI is InChI=1S/C66H98N16O14S/c1-42(83)58-65(92)76-53(37-46-38-69-41-72-46)64(91)73-50(61(88)71-25-12-28-95-30-32-96-31-29-94-27-11-24-70-57(86)18-6-5-17-56-59-54(40-97-56)77-66(93)79-59)16-8-10-26-82-39-47(80-81-82)36-49(68)55(85)35-45(33-43-13-3-2-4-14-43)60(87)75-52(34-44-19-21-48(84)22-20-44)63(90)74-51(62(89)78-58)15-7-9-23-67/h2-4,13-14,19-22,38-39,41-42,45,49-54,56,58-59,83-84H,5-12,15-18,23-37,40,67-68H2,1H3,(H,69,72)(H,70,86)(H,71,88)(H,73,91)(H,74,90)(H,75,87)(H,76,92)(H,78,89)(H2,77,79,93)/t42-,45+,49-,50-,51-,52-,53-,54+,56?,58-,59+/m0/s1. The Morgan fingerprint density at radius 2 is 1.36 bits per heavy atom. The zero-order chi connectivity index (χ0) is 69.3. The molecule has 0 radical (unpaired) electrons. The first kappa shape index (κ1) is 76.3. The molecule has 3 aliphatic rings. The van der Waals surface area contributed by atoms with Gasteiger partial charge in [-0.3, -0.25) is 43.0 Å². The predicted molar refractivity (Wildman–Crippen MR) is 359 cm³/mol. The van der Waals surface area contributed by atoms with Gasteiger partial charge in [0, 0.05) is 100.0 Å². The molecule has 31 heteroatoms. The van der Waals surface area contributed by atoms with Gasteiger partial charge in [-0.25, -0.2) is 9.78 Å². The van der Waals surface area contributed by atoms with E-state index in [1.807, 2.05) is 30.0 Å². The number of nitrogens with zero attached hydrogens (tertiary/aromatic N) is 4. The van der Waals surface area contributed by atoms with Gasteiger partial charge in [-0.1, -0.05) is 54.1 Å². The number of urea groups is 1. The van der Waals surface area contributed by atoms with E-state index < -0.39 is 89.5 Å². The van der Waals surface area contributed by atoms with Gasteiger partial charge in [-0.15, -0.1) is 5.10 Å². The minimum atomic E-state index is -1.70. The number of carbonyl (C=O) groups excluding carboxylic acids is 9. The van der Waals surface area contributed by atoms with Gasteiger partial charge < -0.3 is 88.7 Å². The van der Waals surface area contributed by atoms with Gasteiger partial charge >= 0.3 is 6.03 Å². The van der Waals surface area contributed by atoms with Crippen LogP contribution in [0.25, 0.3) is 0 Å². The number of Topliss-reactive ketones (excluding diaryl/α,β-unsaturated/α-hetero) is 1. The third-order valence-electron chi connectivity index (χ3n) is 17.0. The Hall–Kier alpha value is -8.07. The van der Waals surface area contributed by atoms with Crippen molar-refractivity contribution in [2.45, 2.75) is 182 Å². The number of aromatic nitrogens is 5. The van der Waals surface area contributed by atoms with Gasteiger partial charge in [-0.2, -0.15) is 11.8 Å². The molecule has 0 aliphatic carbocycles. The lowest BCUT2D eigenvalue weighted by molar-refractivity contribution is -0.137. The Bertz CT molecular complexity index is 3110. The average Bonchev–Trinajstić information content (AvgIpc) is 1.66. The number of hydrogen-bond donors (Lipinski definition) is 14. The molecule has 3 aliphatic heterocycles. The maximum Gasteiger partial charge on any atom is 0.315 e. The number of imidazole rings is 1. The van der Waals surface area contributed by atoms with Crippen LogP contribution in [0.4, 0.5) is 4.79 Å². The smallest absolute Gasteiger partial charge is 0.315 e. The zero-order valence-electron chi connectivity index (χ0n) is 55.2. The quantitative estimate of drug-likeness (QED) is 0.0229. The largest absolute Gasteiger partial charge is 0.508 e. The van der Waals surface area contributed by atoms with Crippen LogP contribution in [0.3, 0.4) is 0 Å². The molecule has 11 atom stereocenters. The van der Waals surface area contributed by atoms with Crippen LogP contribution in [-0.2, 0) is 84.8 Å². The summed E-state index contributed by atoms with van der Waals surface area (Å²) in [4.78, 5) is 132. The van der Waals surface area contributed by atoms with Crippen LogP contribution < -0.4 is 59.3 Å². The lowest BCUT2D eigenvalue weighted by atomic mass is 9.90. The zero-order valence-corrected chi connectivity index (χ0v) is 56.0. The molecule has 30 nitrogen and oxygen atoms in total. The second kappa shape index (κ2) is 41.2. The number of phenolic OH excluding ortho intramolecular Hbond substituents is 1. The van der Waals surface area contributed by atoms with Crippen molar-refractivity contribution >= 4 is 64.9 Å². The number of thioether (sulfide) groups is 1. The number of benzene rings is 2. The molecule has 0 saturated carbocycles. The summed E-state index contributed by atoms with van der Waals surface area (Å²) >= 11 is 1.87. The van der Waals surface area contributed by atoms with Crippen molar-refractivity contribution in [2.24, 2.45) is 17.4 Å². The van der Waals surface area contributed by atoms with Crippen LogP contribution >= 0.6 is 11.8 Å². The molecule has 97 heavy (non-hydrogen) atoms. The van der Waals surface area contributed by atoms with E-state index in [1.165, 1.54) is 31.6 Å². The van der Waals surface area contributed by atoms with Gasteiger partial charge in [-0.05, 0) is 107 Å². The summed E-state index contributed by atoms with van der Waals surface area (Å²) in [5.74, 6) is -5.17. The highest BCUT2D eigenvalue weighted by Gasteiger charge is 2.43. The van der Waals surface area contributed by atoms with Crippen LogP contribution in [-0.4, -0.2) is 213 Å². The molecule has 2 bridgehead atoms. The topological polar surface area (TPSA) is 441 Å². The summed E-state index contributed by atoms with van der Waals surface area (Å²) in [6, 6.07) is 7.23. The van der Waals surface area contributed by atoms with Crippen molar-refractivity contribution in [3.63, 3.8) is 0 Å². The third kappa shape index (κ3) is 26.7. The molecule has 532 valence electrons. The molecule has 1 unspecified atom stereocenters. The van der Waals surface area contributed by atoms with E-state index >= 15 is 0 Å². The third-order valence-corrected chi connectivity index (χ3v) is 18.5. The molecule has 4 aromatic rings. The van der Waals surface area contributed by atoms with E-state index in [0.29, 0.717) is 113 Å². The molecule has 2 aromatic heterocycles. The molecular formula is C66H98N16O14S. The summed E-state index contributed by atoms with van der Waals surface area (Å²) in [7, 11) is 0. The Balaban J connectivity index is 0.952. The van der Waals surface area contributed by atoms with Crippen LogP contribution in [0.2, 0.25) is 0 Å². The normalized spacial score (nSPS) is 23.7. The minimum absolute atomic E-state index is 0.00619. The van der Waals surface area contributed by atoms with Gasteiger partial charge in [0.1, 0.15) is 36.0 Å². The Kier molecular flexibility index (Phi) is 32.4. The van der Waals surface area contributed by atoms with Gasteiger partial charge in [0.25, 0.3) is 0 Å². The van der Waals surface area contributed by atoms with Crippen molar-refractivity contribution in [1.82, 2.24) is 72.8 Å². The molecular weight excluding hydrogens is 1270 g/mol. The monoisotopic (exact) mass is 1370 g/mol. The summed E-state index contributed by atoms with van der Waals surface area (Å²) in [6.07, 6.45) is 8.41. The van der Waals surface area contributed by atoms with Crippen molar-refractivity contribution < 1.29 is 67.6 Å². The summed E-state index contributed by atoms with van der Waals surface area (Å²) in [5, 5.41) is 55.6. The molecule has 9 amide bonds. The first-order valence-electron chi connectivity index (χ1n) is 33.8. The van der Waals surface area contributed by atoms with Crippen molar-refractivity contribution in [3.8, 4) is 5.75 Å². The van der Waals surface area contributed by atoms with Crippen LogP contribution in [0.1, 0.15) is 113 Å². The predicted octanol–water partition coefficient (Wildman–Crippen LogP) is -0.214. The molecule has 2 fully saturated rings. The average molecular weight is 1370 g/mol.